The first-order valence-electron chi connectivity index (χ1n) is 7.05. The molecule has 0 unspecified atom stereocenters. The van der Waals surface area contributed by atoms with Crippen LogP contribution in [0, 0.1) is 0 Å². The normalized spacial score (nSPS) is 11.0. The first-order valence-corrected chi connectivity index (χ1v) is 7.87. The van der Waals surface area contributed by atoms with Gasteiger partial charge >= 0.3 is 5.63 Å². The highest BCUT2D eigenvalue weighted by Crippen LogP contribution is 2.32. The average molecular weight is 322 g/mol. The van der Waals surface area contributed by atoms with Gasteiger partial charge in [-0.25, -0.2) is 4.79 Å². The highest BCUT2D eigenvalue weighted by molar-refractivity contribution is 7.99. The quantitative estimate of drug-likeness (QED) is 0.758. The van der Waals surface area contributed by atoms with Crippen molar-refractivity contribution in [1.29, 1.82) is 0 Å². The van der Waals surface area contributed by atoms with Gasteiger partial charge in [0.1, 0.15) is 16.4 Å². The third kappa shape index (κ3) is 3.93. The molecule has 0 bridgehead atoms. The summed E-state index contributed by atoms with van der Waals surface area (Å²) in [6, 6.07) is 20.5. The molecule has 0 aliphatic heterocycles. The van der Waals surface area contributed by atoms with Crippen LogP contribution >= 0.6 is 11.8 Å². The molecule has 1 heterocycles. The third-order valence-corrected chi connectivity index (χ3v) is 4.20. The molecule has 0 radical (unpaired) electrons. The molecule has 0 saturated heterocycles. The van der Waals surface area contributed by atoms with Crippen LogP contribution in [0.1, 0.15) is 11.3 Å². The molecule has 1 N–H and O–H groups in total. The predicted molar refractivity (Wildman–Crippen MR) is 92.6 cm³/mol. The van der Waals surface area contributed by atoms with Crippen molar-refractivity contribution in [2.75, 3.05) is 0 Å². The molecule has 2 aromatic carbocycles. The summed E-state index contributed by atoms with van der Waals surface area (Å²) in [6.45, 7) is 0. The van der Waals surface area contributed by atoms with E-state index < -0.39 is 5.63 Å². The molecule has 3 rings (SSSR count). The number of hydrogen-bond donors (Lipinski definition) is 1. The molecule has 0 aliphatic carbocycles. The van der Waals surface area contributed by atoms with Gasteiger partial charge in [0, 0.05) is 11.0 Å². The topological polar surface area (TPSA) is 50.4 Å². The van der Waals surface area contributed by atoms with Gasteiger partial charge < -0.3 is 9.52 Å². The summed E-state index contributed by atoms with van der Waals surface area (Å²) in [4.78, 5) is 13.1. The van der Waals surface area contributed by atoms with Crippen molar-refractivity contribution in [3.8, 4) is 5.75 Å². The smallest absolute Gasteiger partial charge is 0.354 e. The first kappa shape index (κ1) is 15.2. The maximum absolute atomic E-state index is 12.1. The Morgan fingerprint density at radius 2 is 1.57 bits per heavy atom. The number of benzene rings is 2. The van der Waals surface area contributed by atoms with E-state index >= 15 is 0 Å². The molecule has 0 atom stereocenters. The summed E-state index contributed by atoms with van der Waals surface area (Å²) in [6.07, 6.45) is 3.48. The first-order chi connectivity index (χ1) is 11.2. The average Bonchev–Trinajstić information content (AvgIpc) is 2.58. The molecule has 23 heavy (non-hydrogen) atoms. The molecule has 0 aliphatic rings. The lowest BCUT2D eigenvalue weighted by molar-refractivity contribution is 0.421. The van der Waals surface area contributed by atoms with Gasteiger partial charge in [-0.3, -0.25) is 0 Å². The van der Waals surface area contributed by atoms with Gasteiger partial charge in [-0.15, -0.1) is 0 Å². The van der Waals surface area contributed by atoms with E-state index in [0.717, 1.165) is 10.5 Å². The standard InChI is InChI=1S/C19H14O3S/c20-17-13-15(12-11-14-7-3-1-4-8-14)22-19(21)18(17)23-16-9-5-2-6-10-16/h1-13,20H. The SMILES string of the molecule is O=c1oc(C=Cc2ccccc2)cc(O)c1Sc1ccccc1. The minimum Gasteiger partial charge on any atom is -0.506 e. The predicted octanol–water partition coefficient (Wildman–Crippen LogP) is 4.67. The Kier molecular flexibility index (Phi) is 4.64. The van der Waals surface area contributed by atoms with E-state index in [1.807, 2.05) is 66.7 Å². The summed E-state index contributed by atoms with van der Waals surface area (Å²) < 4.78 is 5.26. The van der Waals surface area contributed by atoms with Crippen molar-refractivity contribution in [2.45, 2.75) is 9.79 Å². The molecule has 4 heteroatoms. The highest BCUT2D eigenvalue weighted by Gasteiger charge is 2.11. The lowest BCUT2D eigenvalue weighted by Crippen LogP contribution is -2.02. The van der Waals surface area contributed by atoms with Gasteiger partial charge in [-0.05, 0) is 23.8 Å². The van der Waals surface area contributed by atoms with Crippen LogP contribution in [0.5, 0.6) is 5.75 Å². The highest BCUT2D eigenvalue weighted by atomic mass is 32.2. The zero-order valence-electron chi connectivity index (χ0n) is 12.2. The van der Waals surface area contributed by atoms with E-state index in [1.165, 1.54) is 17.8 Å². The molecule has 3 aromatic rings. The van der Waals surface area contributed by atoms with Gasteiger partial charge in [-0.1, -0.05) is 66.4 Å². The fourth-order valence-corrected chi connectivity index (χ4v) is 2.83. The minimum absolute atomic E-state index is 0.0807. The zero-order chi connectivity index (χ0) is 16.1. The van der Waals surface area contributed by atoms with Gasteiger partial charge in [0.05, 0.1) is 0 Å². The van der Waals surface area contributed by atoms with E-state index in [1.54, 1.807) is 6.08 Å². The minimum atomic E-state index is -0.549. The number of hydrogen-bond acceptors (Lipinski definition) is 4. The van der Waals surface area contributed by atoms with Gasteiger partial charge in [0.2, 0.25) is 0 Å². The van der Waals surface area contributed by atoms with E-state index in [2.05, 4.69) is 0 Å². The molecule has 0 fully saturated rings. The second-order valence-corrected chi connectivity index (χ2v) is 5.89. The molecule has 0 spiro atoms. The molecule has 1 aromatic heterocycles. The van der Waals surface area contributed by atoms with Crippen LogP contribution in [0.4, 0.5) is 0 Å². The second-order valence-electron chi connectivity index (χ2n) is 4.81. The van der Waals surface area contributed by atoms with Crippen LogP contribution in [0.2, 0.25) is 0 Å². The Morgan fingerprint density at radius 1 is 0.913 bits per heavy atom. The monoisotopic (exact) mass is 322 g/mol. The van der Waals surface area contributed by atoms with Crippen molar-refractivity contribution < 1.29 is 9.52 Å². The Bertz CT molecular complexity index is 868. The van der Waals surface area contributed by atoms with Gasteiger partial charge in [-0.2, -0.15) is 0 Å². The van der Waals surface area contributed by atoms with Crippen molar-refractivity contribution in [3.63, 3.8) is 0 Å². The molecule has 3 nitrogen and oxygen atoms in total. The fourth-order valence-electron chi connectivity index (χ4n) is 2.01. The van der Waals surface area contributed by atoms with Crippen molar-refractivity contribution >= 4 is 23.9 Å². The van der Waals surface area contributed by atoms with E-state index in [4.69, 9.17) is 4.42 Å². The molecular formula is C19H14O3S. The summed E-state index contributed by atoms with van der Waals surface area (Å²) in [5.74, 6) is 0.233. The second kappa shape index (κ2) is 7.03. The molecule has 114 valence electrons. The molecular weight excluding hydrogens is 308 g/mol. The van der Waals surface area contributed by atoms with Crippen LogP contribution in [-0.4, -0.2) is 5.11 Å². The van der Waals surface area contributed by atoms with E-state index in [9.17, 15) is 9.90 Å². The van der Waals surface area contributed by atoms with Crippen molar-refractivity contribution in [3.05, 3.63) is 88.5 Å². The van der Waals surface area contributed by atoms with Crippen LogP contribution in [-0.2, 0) is 0 Å². The lowest BCUT2D eigenvalue weighted by atomic mass is 10.2. The van der Waals surface area contributed by atoms with Crippen LogP contribution in [0.25, 0.3) is 12.2 Å². The Labute approximate surface area is 137 Å². The maximum Gasteiger partial charge on any atom is 0.354 e. The van der Waals surface area contributed by atoms with Crippen LogP contribution in [0.3, 0.4) is 0 Å². The largest absolute Gasteiger partial charge is 0.506 e. The number of rotatable bonds is 4. The summed E-state index contributed by atoms with van der Waals surface area (Å²) in [5.41, 5.74) is 0.434. The van der Waals surface area contributed by atoms with E-state index in [0.29, 0.717) is 5.76 Å². The van der Waals surface area contributed by atoms with Crippen molar-refractivity contribution in [2.24, 2.45) is 0 Å². The van der Waals surface area contributed by atoms with Crippen LogP contribution in [0.15, 0.2) is 85.7 Å². The van der Waals surface area contributed by atoms with Gasteiger partial charge in [0.25, 0.3) is 0 Å². The Hall–Kier alpha value is -2.72. The van der Waals surface area contributed by atoms with Gasteiger partial charge in [0.15, 0.2) is 0 Å². The zero-order valence-corrected chi connectivity index (χ0v) is 13.0. The molecule has 0 amide bonds. The lowest BCUT2D eigenvalue weighted by Gasteiger charge is -2.03. The van der Waals surface area contributed by atoms with E-state index in [-0.39, 0.29) is 10.6 Å². The number of aromatic hydroxyl groups is 1. The summed E-state index contributed by atoms with van der Waals surface area (Å²) in [5, 5.41) is 10.1. The summed E-state index contributed by atoms with van der Waals surface area (Å²) in [7, 11) is 0. The molecule has 0 saturated carbocycles. The fraction of sp³-hybridized carbons (Fsp3) is 0. The Balaban J connectivity index is 1.86. The van der Waals surface area contributed by atoms with Crippen LogP contribution < -0.4 is 5.63 Å². The maximum atomic E-state index is 12.1. The van der Waals surface area contributed by atoms with Crippen molar-refractivity contribution in [1.82, 2.24) is 0 Å². The Morgan fingerprint density at radius 3 is 2.22 bits per heavy atom. The summed E-state index contributed by atoms with van der Waals surface area (Å²) >= 11 is 1.18. The third-order valence-electron chi connectivity index (χ3n) is 3.11.